The lowest BCUT2D eigenvalue weighted by atomic mass is 10.0. The average molecular weight is 603 g/mol. The van der Waals surface area contributed by atoms with Gasteiger partial charge in [-0.25, -0.2) is 13.4 Å². The first-order chi connectivity index (χ1) is 18.3. The van der Waals surface area contributed by atoms with Crippen LogP contribution in [-0.4, -0.2) is 41.3 Å². The monoisotopic (exact) mass is 602 g/mol. The van der Waals surface area contributed by atoms with Crippen LogP contribution in [0.25, 0.3) is 0 Å². The smallest absolute Gasteiger partial charge is 0.404 e. The van der Waals surface area contributed by atoms with E-state index in [2.05, 4.69) is 24.9 Å². The van der Waals surface area contributed by atoms with Crippen molar-refractivity contribution >= 4 is 43.8 Å². The Labute approximate surface area is 233 Å². The van der Waals surface area contributed by atoms with Crippen molar-refractivity contribution in [3.8, 4) is 5.75 Å². The van der Waals surface area contributed by atoms with E-state index in [-0.39, 0.29) is 40.0 Å². The molecule has 0 unspecified atom stereocenters. The molecule has 3 heterocycles. The number of anilines is 1. The van der Waals surface area contributed by atoms with Gasteiger partial charge in [0, 0.05) is 29.9 Å². The molecular weight excluding hydrogens is 577 g/mol. The van der Waals surface area contributed by atoms with Gasteiger partial charge >= 0.3 is 6.36 Å². The SMILES string of the molecule is CCS(=O)(=O)c1ccc(CC(=O)Nc2nc3c(s2)CN(Cc2ccc(OC(F)(F)F)c(Cl)c2)[C@H]3C(C)C)nc1. The van der Waals surface area contributed by atoms with Gasteiger partial charge in [0.25, 0.3) is 0 Å². The van der Waals surface area contributed by atoms with Gasteiger partial charge in [0.05, 0.1) is 33.8 Å². The molecule has 4 rings (SSSR count). The second kappa shape index (κ2) is 11.4. The number of pyridine rings is 1. The third-order valence-electron chi connectivity index (χ3n) is 6.11. The van der Waals surface area contributed by atoms with Crippen molar-refractivity contribution in [1.82, 2.24) is 14.9 Å². The number of aromatic nitrogens is 2. The van der Waals surface area contributed by atoms with Gasteiger partial charge < -0.3 is 10.1 Å². The molecule has 1 atom stereocenters. The largest absolute Gasteiger partial charge is 0.573 e. The maximum absolute atomic E-state index is 12.6. The lowest BCUT2D eigenvalue weighted by Gasteiger charge is -2.27. The fraction of sp³-hybridized carbons (Fsp3) is 0.400. The van der Waals surface area contributed by atoms with Crippen molar-refractivity contribution in [1.29, 1.82) is 0 Å². The van der Waals surface area contributed by atoms with E-state index in [4.69, 9.17) is 11.6 Å². The quantitative estimate of drug-likeness (QED) is 0.331. The van der Waals surface area contributed by atoms with Gasteiger partial charge in [-0.15, -0.1) is 24.5 Å². The van der Waals surface area contributed by atoms with E-state index in [1.54, 1.807) is 13.0 Å². The molecule has 0 saturated carbocycles. The van der Waals surface area contributed by atoms with Crippen LogP contribution >= 0.6 is 22.9 Å². The molecule has 14 heteroatoms. The average Bonchev–Trinajstić information content (AvgIpc) is 3.36. The van der Waals surface area contributed by atoms with Gasteiger partial charge in [-0.05, 0) is 35.7 Å². The maximum atomic E-state index is 12.6. The van der Waals surface area contributed by atoms with Gasteiger partial charge in [-0.2, -0.15) is 0 Å². The Balaban J connectivity index is 1.41. The summed E-state index contributed by atoms with van der Waals surface area (Å²) in [4.78, 5) is 24.6. The minimum absolute atomic E-state index is 0.0328. The maximum Gasteiger partial charge on any atom is 0.573 e. The minimum atomic E-state index is -4.82. The molecule has 210 valence electrons. The van der Waals surface area contributed by atoms with Gasteiger partial charge in [-0.1, -0.05) is 38.4 Å². The van der Waals surface area contributed by atoms with E-state index in [1.165, 1.54) is 41.8 Å². The molecule has 1 aliphatic heterocycles. The van der Waals surface area contributed by atoms with Gasteiger partial charge in [0.2, 0.25) is 5.91 Å². The second-order valence-corrected chi connectivity index (χ2v) is 13.1. The zero-order chi connectivity index (χ0) is 28.5. The van der Waals surface area contributed by atoms with Crippen LogP contribution in [0.1, 0.15) is 48.6 Å². The molecule has 1 aliphatic rings. The molecule has 0 radical (unpaired) electrons. The van der Waals surface area contributed by atoms with Crippen LogP contribution < -0.4 is 10.1 Å². The highest BCUT2D eigenvalue weighted by molar-refractivity contribution is 7.91. The number of rotatable bonds is 9. The Morgan fingerprint density at radius 2 is 2.03 bits per heavy atom. The summed E-state index contributed by atoms with van der Waals surface area (Å²) in [5.41, 5.74) is 2.01. The predicted molar refractivity (Wildman–Crippen MR) is 141 cm³/mol. The highest BCUT2D eigenvalue weighted by atomic mass is 35.5. The number of nitrogens with zero attached hydrogens (tertiary/aromatic N) is 3. The van der Waals surface area contributed by atoms with E-state index in [1.807, 2.05) is 13.8 Å². The molecule has 8 nitrogen and oxygen atoms in total. The number of halogens is 4. The lowest BCUT2D eigenvalue weighted by molar-refractivity contribution is -0.274. The van der Waals surface area contributed by atoms with Crippen molar-refractivity contribution in [2.24, 2.45) is 5.92 Å². The summed E-state index contributed by atoms with van der Waals surface area (Å²) in [6.45, 7) is 6.64. The summed E-state index contributed by atoms with van der Waals surface area (Å²) in [6.07, 6.45) is -3.61. The number of carbonyl (C=O) groups excluding carboxylic acids is 1. The van der Waals surface area contributed by atoms with Crippen molar-refractivity contribution in [3.63, 3.8) is 0 Å². The van der Waals surface area contributed by atoms with E-state index >= 15 is 0 Å². The number of hydrogen-bond acceptors (Lipinski definition) is 8. The van der Waals surface area contributed by atoms with Crippen LogP contribution in [0.2, 0.25) is 5.02 Å². The number of fused-ring (bicyclic) bond motifs is 1. The Morgan fingerprint density at radius 1 is 1.28 bits per heavy atom. The van der Waals surface area contributed by atoms with E-state index in [0.717, 1.165) is 16.1 Å². The molecule has 0 spiro atoms. The van der Waals surface area contributed by atoms with Crippen LogP contribution in [0.4, 0.5) is 18.3 Å². The van der Waals surface area contributed by atoms with Crippen LogP contribution in [0.5, 0.6) is 5.75 Å². The van der Waals surface area contributed by atoms with E-state index in [0.29, 0.717) is 23.9 Å². The number of carbonyl (C=O) groups is 1. The molecule has 1 aromatic carbocycles. The number of amides is 1. The molecule has 3 aromatic rings. The number of sulfone groups is 1. The molecule has 0 fully saturated rings. The summed E-state index contributed by atoms with van der Waals surface area (Å²) in [6, 6.07) is 7.11. The van der Waals surface area contributed by atoms with E-state index in [9.17, 15) is 26.4 Å². The Kier molecular flexibility index (Phi) is 8.55. The van der Waals surface area contributed by atoms with Gasteiger partial charge in [0.15, 0.2) is 15.0 Å². The number of nitrogens with one attached hydrogen (secondary N) is 1. The highest BCUT2D eigenvalue weighted by Crippen LogP contribution is 2.43. The second-order valence-electron chi connectivity index (χ2n) is 9.35. The van der Waals surface area contributed by atoms with E-state index < -0.39 is 21.9 Å². The van der Waals surface area contributed by atoms with Gasteiger partial charge in [-0.3, -0.25) is 14.7 Å². The molecule has 0 bridgehead atoms. The molecule has 2 aromatic heterocycles. The first kappa shape index (κ1) is 29.2. The molecule has 39 heavy (non-hydrogen) atoms. The Bertz CT molecular complexity index is 1460. The highest BCUT2D eigenvalue weighted by Gasteiger charge is 2.36. The first-order valence-electron chi connectivity index (χ1n) is 12.0. The Morgan fingerprint density at radius 3 is 2.62 bits per heavy atom. The van der Waals surface area contributed by atoms with Crippen molar-refractivity contribution in [2.45, 2.75) is 57.6 Å². The standard InChI is InChI=1S/C25H26ClF3N4O4S2/c1-4-39(35,36)17-7-6-16(30-11-17)10-21(34)31-24-32-22-20(38-24)13-33(23(22)14(2)3)12-15-5-8-19(18(26)9-15)37-25(27,28)29/h5-9,11,14,23H,4,10,12-13H2,1-3H3,(H,31,32,34)/t23-/m0/s1. The van der Waals surface area contributed by atoms with Crippen molar-refractivity contribution < 1.29 is 31.1 Å². The summed E-state index contributed by atoms with van der Waals surface area (Å²) in [5.74, 6) is -0.639. The molecule has 1 N–H and O–H groups in total. The van der Waals surface area contributed by atoms with Crippen LogP contribution in [0.15, 0.2) is 41.4 Å². The molecule has 0 aliphatic carbocycles. The number of thiazole rings is 1. The van der Waals surface area contributed by atoms with Crippen LogP contribution in [0, 0.1) is 5.92 Å². The number of benzene rings is 1. The molecule has 0 saturated heterocycles. The molecular formula is C25H26ClF3N4O4S2. The zero-order valence-electron chi connectivity index (χ0n) is 21.3. The summed E-state index contributed by atoms with van der Waals surface area (Å²) in [5, 5.41) is 3.13. The fourth-order valence-corrected chi connectivity index (χ4v) is 6.49. The van der Waals surface area contributed by atoms with Crippen LogP contribution in [0.3, 0.4) is 0 Å². The number of hydrogen-bond donors (Lipinski definition) is 1. The lowest BCUT2D eigenvalue weighted by Crippen LogP contribution is -2.26. The van der Waals surface area contributed by atoms with Gasteiger partial charge in [0.1, 0.15) is 5.75 Å². The zero-order valence-corrected chi connectivity index (χ0v) is 23.6. The van der Waals surface area contributed by atoms with Crippen molar-refractivity contribution in [2.75, 3.05) is 11.1 Å². The fourth-order valence-electron chi connectivity index (χ4n) is 4.39. The first-order valence-corrected chi connectivity index (χ1v) is 14.9. The number of alkyl halides is 3. The van der Waals surface area contributed by atoms with Crippen molar-refractivity contribution in [3.05, 3.63) is 63.4 Å². The summed E-state index contributed by atoms with van der Waals surface area (Å²) < 4.78 is 65.5. The molecule has 1 amide bonds. The Hall–Kier alpha value is -2.74. The third kappa shape index (κ3) is 7.07. The minimum Gasteiger partial charge on any atom is -0.404 e. The topological polar surface area (TPSA) is 101 Å². The summed E-state index contributed by atoms with van der Waals surface area (Å²) in [7, 11) is -3.37. The summed E-state index contributed by atoms with van der Waals surface area (Å²) >= 11 is 7.39. The van der Waals surface area contributed by atoms with Crippen LogP contribution in [-0.2, 0) is 34.1 Å². The number of ether oxygens (including phenoxy) is 1. The third-order valence-corrected chi connectivity index (χ3v) is 9.10. The normalized spacial score (nSPS) is 15.9. The predicted octanol–water partition coefficient (Wildman–Crippen LogP) is 5.78.